The SMILES string of the molecule is Cn1ccc(Nc2ccc(C#N)cc2[N+](=O)[O-])n1. The second-order valence-electron chi connectivity index (χ2n) is 3.60. The van der Waals surface area contributed by atoms with Crippen LogP contribution in [0.3, 0.4) is 0 Å². The number of anilines is 2. The Morgan fingerprint density at radius 3 is 2.83 bits per heavy atom. The van der Waals surface area contributed by atoms with E-state index in [-0.39, 0.29) is 11.3 Å². The number of aryl methyl sites for hydroxylation is 1. The summed E-state index contributed by atoms with van der Waals surface area (Å²) >= 11 is 0. The molecule has 2 aromatic rings. The molecule has 0 radical (unpaired) electrons. The maximum Gasteiger partial charge on any atom is 0.294 e. The number of rotatable bonds is 3. The molecule has 0 bridgehead atoms. The summed E-state index contributed by atoms with van der Waals surface area (Å²) in [5.74, 6) is 0.505. The lowest BCUT2D eigenvalue weighted by Crippen LogP contribution is -1.99. The smallest absolute Gasteiger partial charge is 0.294 e. The molecule has 0 saturated carbocycles. The number of nitro benzene ring substituents is 1. The number of nitriles is 1. The Hall–Kier alpha value is -2.88. The molecule has 0 fully saturated rings. The number of aromatic nitrogens is 2. The minimum atomic E-state index is -0.536. The van der Waals surface area contributed by atoms with Crippen molar-refractivity contribution < 1.29 is 4.92 Å². The van der Waals surface area contributed by atoms with Crippen LogP contribution >= 0.6 is 0 Å². The molecule has 0 saturated heterocycles. The van der Waals surface area contributed by atoms with Gasteiger partial charge in [0.2, 0.25) is 0 Å². The van der Waals surface area contributed by atoms with Crippen LogP contribution in [0.4, 0.5) is 17.2 Å². The first-order valence-corrected chi connectivity index (χ1v) is 5.05. The second kappa shape index (κ2) is 4.55. The Bertz CT molecular complexity index is 641. The fourth-order valence-electron chi connectivity index (χ4n) is 1.48. The van der Waals surface area contributed by atoms with Crippen LogP contribution in [0, 0.1) is 21.4 Å². The van der Waals surface area contributed by atoms with E-state index >= 15 is 0 Å². The summed E-state index contributed by atoms with van der Waals surface area (Å²) in [7, 11) is 1.75. The standard InChI is InChI=1S/C11H9N5O2/c1-15-5-4-11(14-15)13-9-3-2-8(7-12)6-10(9)16(17)18/h2-6H,1H3,(H,13,14). The molecule has 1 heterocycles. The third kappa shape index (κ3) is 2.27. The van der Waals surface area contributed by atoms with Gasteiger partial charge in [0.15, 0.2) is 5.82 Å². The van der Waals surface area contributed by atoms with Gasteiger partial charge in [0, 0.05) is 25.4 Å². The van der Waals surface area contributed by atoms with E-state index in [0.29, 0.717) is 11.5 Å². The van der Waals surface area contributed by atoms with Crippen molar-refractivity contribution in [3.05, 3.63) is 46.1 Å². The first-order chi connectivity index (χ1) is 8.60. The Morgan fingerprint density at radius 2 is 2.28 bits per heavy atom. The van der Waals surface area contributed by atoms with Gasteiger partial charge in [0.1, 0.15) is 5.69 Å². The molecule has 0 unspecified atom stereocenters. The quantitative estimate of drug-likeness (QED) is 0.656. The summed E-state index contributed by atoms with van der Waals surface area (Å²) < 4.78 is 1.58. The van der Waals surface area contributed by atoms with E-state index in [4.69, 9.17) is 5.26 Å². The molecule has 0 aliphatic carbocycles. The van der Waals surface area contributed by atoms with E-state index in [9.17, 15) is 10.1 Å². The zero-order chi connectivity index (χ0) is 13.1. The van der Waals surface area contributed by atoms with Crippen molar-refractivity contribution in [3.63, 3.8) is 0 Å². The zero-order valence-electron chi connectivity index (χ0n) is 9.49. The number of nitrogens with one attached hydrogen (secondary N) is 1. The van der Waals surface area contributed by atoms with Gasteiger partial charge < -0.3 is 5.32 Å². The molecule has 7 heteroatoms. The summed E-state index contributed by atoms with van der Waals surface area (Å²) in [6.45, 7) is 0. The monoisotopic (exact) mass is 243 g/mol. The van der Waals surface area contributed by atoms with E-state index < -0.39 is 4.92 Å². The normalized spacial score (nSPS) is 9.78. The fourth-order valence-corrected chi connectivity index (χ4v) is 1.48. The van der Waals surface area contributed by atoms with Crippen LogP contribution in [0.2, 0.25) is 0 Å². The molecule has 0 amide bonds. The Kier molecular flexibility index (Phi) is 2.93. The lowest BCUT2D eigenvalue weighted by atomic mass is 10.2. The van der Waals surface area contributed by atoms with Crippen LogP contribution in [-0.2, 0) is 7.05 Å². The van der Waals surface area contributed by atoms with Crippen LogP contribution in [0.25, 0.3) is 0 Å². The van der Waals surface area contributed by atoms with E-state index in [1.165, 1.54) is 18.2 Å². The van der Waals surface area contributed by atoms with E-state index in [1.54, 1.807) is 24.0 Å². The number of nitrogens with zero attached hydrogens (tertiary/aromatic N) is 4. The van der Waals surface area contributed by atoms with Crippen molar-refractivity contribution in [2.75, 3.05) is 5.32 Å². The molecule has 2 rings (SSSR count). The number of nitro groups is 1. The third-order valence-electron chi connectivity index (χ3n) is 2.30. The van der Waals surface area contributed by atoms with Crippen LogP contribution in [-0.4, -0.2) is 14.7 Å². The summed E-state index contributed by atoms with van der Waals surface area (Å²) in [5, 5.41) is 26.5. The van der Waals surface area contributed by atoms with Crippen LogP contribution in [0.1, 0.15) is 5.56 Å². The highest BCUT2D eigenvalue weighted by atomic mass is 16.6. The molecule has 0 spiro atoms. The van der Waals surface area contributed by atoms with Gasteiger partial charge in [-0.2, -0.15) is 10.4 Å². The van der Waals surface area contributed by atoms with Gasteiger partial charge in [-0.15, -0.1) is 0 Å². The maximum absolute atomic E-state index is 10.9. The predicted octanol–water partition coefficient (Wildman–Crippen LogP) is 1.94. The van der Waals surface area contributed by atoms with E-state index in [2.05, 4.69) is 10.4 Å². The highest BCUT2D eigenvalue weighted by Crippen LogP contribution is 2.27. The van der Waals surface area contributed by atoms with Crippen molar-refractivity contribution in [1.29, 1.82) is 5.26 Å². The molecule has 0 aliphatic rings. The number of benzene rings is 1. The van der Waals surface area contributed by atoms with Crippen molar-refractivity contribution in [1.82, 2.24) is 9.78 Å². The summed E-state index contributed by atoms with van der Waals surface area (Å²) in [4.78, 5) is 10.4. The number of hydrogen-bond acceptors (Lipinski definition) is 5. The minimum Gasteiger partial charge on any atom is -0.333 e. The highest BCUT2D eigenvalue weighted by Gasteiger charge is 2.15. The average molecular weight is 243 g/mol. The molecule has 18 heavy (non-hydrogen) atoms. The van der Waals surface area contributed by atoms with Gasteiger partial charge in [-0.05, 0) is 12.1 Å². The molecule has 1 aromatic heterocycles. The Balaban J connectivity index is 2.38. The molecule has 1 aromatic carbocycles. The van der Waals surface area contributed by atoms with Gasteiger partial charge >= 0.3 is 0 Å². The first kappa shape index (κ1) is 11.6. The maximum atomic E-state index is 10.9. The van der Waals surface area contributed by atoms with Crippen molar-refractivity contribution in [3.8, 4) is 6.07 Å². The van der Waals surface area contributed by atoms with Crippen molar-refractivity contribution in [2.45, 2.75) is 0 Å². The van der Waals surface area contributed by atoms with Gasteiger partial charge in [0.25, 0.3) is 5.69 Å². The number of hydrogen-bond donors (Lipinski definition) is 1. The van der Waals surface area contributed by atoms with Crippen LogP contribution in [0.5, 0.6) is 0 Å². The van der Waals surface area contributed by atoms with Crippen molar-refractivity contribution in [2.24, 2.45) is 7.05 Å². The molecule has 1 N–H and O–H groups in total. The van der Waals surface area contributed by atoms with Crippen molar-refractivity contribution >= 4 is 17.2 Å². The third-order valence-corrected chi connectivity index (χ3v) is 2.30. The van der Waals surface area contributed by atoms with Gasteiger partial charge in [-0.3, -0.25) is 14.8 Å². The van der Waals surface area contributed by atoms with Gasteiger partial charge in [-0.25, -0.2) is 0 Å². The average Bonchev–Trinajstić information content (AvgIpc) is 2.75. The largest absolute Gasteiger partial charge is 0.333 e. The van der Waals surface area contributed by atoms with Gasteiger partial charge in [-0.1, -0.05) is 0 Å². The molecule has 90 valence electrons. The van der Waals surface area contributed by atoms with E-state index in [1.807, 2.05) is 6.07 Å². The lowest BCUT2D eigenvalue weighted by Gasteiger charge is -2.04. The predicted molar refractivity (Wildman–Crippen MR) is 64.3 cm³/mol. The summed E-state index contributed by atoms with van der Waals surface area (Å²) in [6.07, 6.45) is 1.72. The van der Waals surface area contributed by atoms with Gasteiger partial charge in [0.05, 0.1) is 16.6 Å². The molecule has 0 aliphatic heterocycles. The minimum absolute atomic E-state index is 0.153. The summed E-state index contributed by atoms with van der Waals surface area (Å²) in [5.41, 5.74) is 0.394. The van der Waals surface area contributed by atoms with Crippen LogP contribution < -0.4 is 5.32 Å². The Labute approximate surface area is 102 Å². The zero-order valence-corrected chi connectivity index (χ0v) is 9.49. The van der Waals surface area contributed by atoms with Crippen LogP contribution in [0.15, 0.2) is 30.5 Å². The lowest BCUT2D eigenvalue weighted by molar-refractivity contribution is -0.383. The fraction of sp³-hybridized carbons (Fsp3) is 0.0909. The molecular weight excluding hydrogens is 234 g/mol. The molecule has 0 atom stereocenters. The summed E-state index contributed by atoms with van der Waals surface area (Å²) in [6, 6.07) is 7.79. The topological polar surface area (TPSA) is 96.8 Å². The van der Waals surface area contributed by atoms with E-state index in [0.717, 1.165) is 0 Å². The highest BCUT2D eigenvalue weighted by molar-refractivity contribution is 5.69. The molecule has 7 nitrogen and oxygen atoms in total. The first-order valence-electron chi connectivity index (χ1n) is 5.05. The molecular formula is C11H9N5O2. The second-order valence-corrected chi connectivity index (χ2v) is 3.60. The Morgan fingerprint density at radius 1 is 1.50 bits per heavy atom.